The number of carbonyl (C=O) groups excluding carboxylic acids is 1. The van der Waals surface area contributed by atoms with Gasteiger partial charge in [-0.15, -0.1) is 24.8 Å². The maximum Gasteiger partial charge on any atom is 0.227 e. The molecule has 7 heteroatoms. The molecule has 2 aliphatic heterocycles. The Kier molecular flexibility index (Phi) is 7.71. The molecule has 0 spiro atoms. The Morgan fingerprint density at radius 1 is 1.22 bits per heavy atom. The molecular formula is C20H28Cl2N4O. The summed E-state index contributed by atoms with van der Waals surface area (Å²) in [6.07, 6.45) is 7.42. The highest BCUT2D eigenvalue weighted by Gasteiger charge is 2.24. The number of piperidine rings is 1. The Morgan fingerprint density at radius 2 is 2.00 bits per heavy atom. The van der Waals surface area contributed by atoms with Crippen molar-refractivity contribution in [3.63, 3.8) is 0 Å². The molecule has 5 nitrogen and oxygen atoms in total. The van der Waals surface area contributed by atoms with E-state index in [0.717, 1.165) is 49.4 Å². The molecule has 27 heavy (non-hydrogen) atoms. The van der Waals surface area contributed by atoms with Crippen LogP contribution < -0.4 is 10.6 Å². The van der Waals surface area contributed by atoms with Crippen LogP contribution in [0.5, 0.6) is 0 Å². The first-order valence-corrected chi connectivity index (χ1v) is 9.40. The van der Waals surface area contributed by atoms with Crippen LogP contribution in [0.25, 0.3) is 11.4 Å². The minimum atomic E-state index is 0. The average molecular weight is 411 g/mol. The van der Waals surface area contributed by atoms with Crippen molar-refractivity contribution in [1.82, 2.24) is 14.9 Å². The Labute approximate surface area is 173 Å². The molecule has 1 aromatic heterocycles. The number of fused-ring (bicyclic) bond motifs is 1. The molecule has 0 saturated carbocycles. The van der Waals surface area contributed by atoms with Gasteiger partial charge >= 0.3 is 0 Å². The molecule has 1 amide bonds. The second-order valence-corrected chi connectivity index (χ2v) is 7.32. The molecule has 2 N–H and O–H groups in total. The molecule has 1 saturated heterocycles. The van der Waals surface area contributed by atoms with Gasteiger partial charge in [-0.25, -0.2) is 4.98 Å². The molecule has 1 aromatic carbocycles. The number of amides is 1. The maximum absolute atomic E-state index is 12.5. The summed E-state index contributed by atoms with van der Waals surface area (Å²) in [5.41, 5.74) is 3.31. The number of aryl methyl sites for hydroxylation is 1. The van der Waals surface area contributed by atoms with Crippen molar-refractivity contribution < 1.29 is 4.79 Å². The number of aromatic nitrogens is 2. The lowest BCUT2D eigenvalue weighted by Crippen LogP contribution is -2.40. The fraction of sp³-hybridized carbons (Fsp3) is 0.500. The summed E-state index contributed by atoms with van der Waals surface area (Å²) < 4.78 is 2.33. The van der Waals surface area contributed by atoms with E-state index in [1.165, 1.54) is 18.5 Å². The van der Waals surface area contributed by atoms with E-state index in [4.69, 9.17) is 0 Å². The molecule has 1 fully saturated rings. The van der Waals surface area contributed by atoms with E-state index in [2.05, 4.69) is 39.2 Å². The minimum Gasteiger partial charge on any atom is -0.328 e. The first-order valence-electron chi connectivity index (χ1n) is 9.40. The predicted octanol–water partition coefficient (Wildman–Crippen LogP) is 4.06. The third-order valence-corrected chi connectivity index (χ3v) is 5.41. The number of rotatable bonds is 3. The predicted molar refractivity (Wildman–Crippen MR) is 114 cm³/mol. The Hall–Kier alpha value is -1.56. The normalized spacial score (nSPS) is 21.4. The lowest BCUT2D eigenvalue weighted by atomic mass is 9.92. The lowest BCUT2D eigenvalue weighted by Gasteiger charge is -2.27. The zero-order chi connectivity index (χ0) is 17.2. The molecule has 2 aliphatic rings. The third-order valence-electron chi connectivity index (χ3n) is 5.41. The Morgan fingerprint density at radius 3 is 2.74 bits per heavy atom. The van der Waals surface area contributed by atoms with Gasteiger partial charge < -0.3 is 15.2 Å². The van der Waals surface area contributed by atoms with Crippen LogP contribution in [0.3, 0.4) is 0 Å². The van der Waals surface area contributed by atoms with Crippen LogP contribution in [-0.4, -0.2) is 28.0 Å². The van der Waals surface area contributed by atoms with Crippen LogP contribution in [0.1, 0.15) is 38.3 Å². The van der Waals surface area contributed by atoms with E-state index in [1.807, 2.05) is 18.3 Å². The highest BCUT2D eigenvalue weighted by atomic mass is 35.5. The van der Waals surface area contributed by atoms with Gasteiger partial charge in [0.2, 0.25) is 5.91 Å². The number of benzene rings is 1. The van der Waals surface area contributed by atoms with Gasteiger partial charge in [-0.2, -0.15) is 0 Å². The van der Waals surface area contributed by atoms with E-state index in [0.29, 0.717) is 6.04 Å². The van der Waals surface area contributed by atoms with Gasteiger partial charge in [-0.05, 0) is 69.8 Å². The summed E-state index contributed by atoms with van der Waals surface area (Å²) in [6.45, 7) is 4.11. The number of carbonyl (C=O) groups is 1. The summed E-state index contributed by atoms with van der Waals surface area (Å²) in [7, 11) is 0. The van der Waals surface area contributed by atoms with Gasteiger partial charge in [0, 0.05) is 41.6 Å². The fourth-order valence-electron chi connectivity index (χ4n) is 3.98. The Balaban J connectivity index is 0.00000131. The summed E-state index contributed by atoms with van der Waals surface area (Å²) in [5.74, 6) is 1.29. The van der Waals surface area contributed by atoms with Gasteiger partial charge in [-0.1, -0.05) is 0 Å². The molecule has 0 unspecified atom stereocenters. The van der Waals surface area contributed by atoms with E-state index in [1.54, 1.807) is 0 Å². The number of nitrogens with zero attached hydrogens (tertiary/aromatic N) is 2. The molecule has 4 rings (SSSR count). The van der Waals surface area contributed by atoms with Crippen molar-refractivity contribution in [2.45, 2.75) is 51.6 Å². The summed E-state index contributed by atoms with van der Waals surface area (Å²) in [4.78, 5) is 17.1. The van der Waals surface area contributed by atoms with E-state index in [9.17, 15) is 4.79 Å². The number of halogens is 2. The maximum atomic E-state index is 12.5. The van der Waals surface area contributed by atoms with Gasteiger partial charge in [0.25, 0.3) is 0 Å². The second kappa shape index (κ2) is 9.58. The van der Waals surface area contributed by atoms with Crippen LogP contribution in [-0.2, 0) is 17.8 Å². The highest BCUT2D eigenvalue weighted by molar-refractivity contribution is 5.92. The highest BCUT2D eigenvalue weighted by Crippen LogP contribution is 2.26. The first kappa shape index (κ1) is 21.7. The number of imidazole rings is 1. The molecule has 2 atom stereocenters. The zero-order valence-electron chi connectivity index (χ0n) is 15.6. The van der Waals surface area contributed by atoms with Crippen molar-refractivity contribution in [3.8, 4) is 11.4 Å². The fourth-order valence-corrected chi connectivity index (χ4v) is 3.98. The van der Waals surface area contributed by atoms with Gasteiger partial charge in [-0.3, -0.25) is 4.79 Å². The largest absolute Gasteiger partial charge is 0.328 e. The van der Waals surface area contributed by atoms with E-state index < -0.39 is 0 Å². The summed E-state index contributed by atoms with van der Waals surface area (Å²) >= 11 is 0. The number of hydrogen-bond donors (Lipinski definition) is 2. The smallest absolute Gasteiger partial charge is 0.227 e. The second-order valence-electron chi connectivity index (χ2n) is 7.32. The quantitative estimate of drug-likeness (QED) is 0.801. The Bertz CT molecular complexity index is 760. The number of anilines is 1. The molecular weight excluding hydrogens is 383 g/mol. The van der Waals surface area contributed by atoms with Crippen LogP contribution in [0, 0.1) is 5.92 Å². The lowest BCUT2D eigenvalue weighted by molar-refractivity contribution is -0.120. The van der Waals surface area contributed by atoms with Crippen LogP contribution in [0.2, 0.25) is 0 Å². The average Bonchev–Trinajstić information content (AvgIpc) is 3.06. The molecule has 0 bridgehead atoms. The zero-order valence-corrected chi connectivity index (χ0v) is 17.2. The first-order chi connectivity index (χ1) is 12.2. The van der Waals surface area contributed by atoms with Gasteiger partial charge in [0.1, 0.15) is 5.82 Å². The van der Waals surface area contributed by atoms with E-state index >= 15 is 0 Å². The van der Waals surface area contributed by atoms with Crippen molar-refractivity contribution in [3.05, 3.63) is 36.2 Å². The number of nitrogens with one attached hydrogen (secondary N) is 2. The van der Waals surface area contributed by atoms with Gasteiger partial charge in [0.15, 0.2) is 0 Å². The molecule has 2 aromatic rings. The molecule has 0 aliphatic carbocycles. The van der Waals surface area contributed by atoms with Gasteiger partial charge in [0.05, 0.1) is 0 Å². The third kappa shape index (κ3) is 4.84. The van der Waals surface area contributed by atoms with Crippen molar-refractivity contribution in [2.24, 2.45) is 5.92 Å². The topological polar surface area (TPSA) is 59.0 Å². The summed E-state index contributed by atoms with van der Waals surface area (Å²) in [6, 6.07) is 8.51. The molecule has 148 valence electrons. The van der Waals surface area contributed by atoms with Crippen LogP contribution >= 0.6 is 24.8 Å². The minimum absolute atomic E-state index is 0. The molecule has 3 heterocycles. The SMILES string of the molecule is C[C@H]1C[C@@H](C(=O)Nc2ccc(-c3ncc4n3CCCC4)cc2)CCN1.Cl.Cl. The number of hydrogen-bond acceptors (Lipinski definition) is 3. The summed E-state index contributed by atoms with van der Waals surface area (Å²) in [5, 5.41) is 6.46. The van der Waals surface area contributed by atoms with Crippen molar-refractivity contribution in [1.29, 1.82) is 0 Å². The van der Waals surface area contributed by atoms with Crippen LogP contribution in [0.15, 0.2) is 30.5 Å². The van der Waals surface area contributed by atoms with Crippen LogP contribution in [0.4, 0.5) is 5.69 Å². The van der Waals surface area contributed by atoms with E-state index in [-0.39, 0.29) is 36.6 Å². The standard InChI is InChI=1S/C20H26N4O.2ClH/c1-14-12-16(9-10-21-14)20(25)23-17-7-5-15(6-8-17)19-22-13-18-4-2-3-11-24(18)19;;/h5-8,13-14,16,21H,2-4,9-12H2,1H3,(H,23,25);2*1H/t14-,16-;;/m0../s1. The monoisotopic (exact) mass is 410 g/mol. The van der Waals surface area contributed by atoms with Crippen molar-refractivity contribution >= 4 is 36.4 Å². The molecule has 0 radical (unpaired) electrons. The van der Waals surface area contributed by atoms with Crippen molar-refractivity contribution in [2.75, 3.05) is 11.9 Å².